The third kappa shape index (κ3) is 5.52. The maximum Gasteiger partial charge on any atom is 0.335 e. The summed E-state index contributed by atoms with van der Waals surface area (Å²) in [4.78, 5) is 37.9. The molecule has 2 N–H and O–H groups in total. The Balaban J connectivity index is 1.58. The van der Waals surface area contributed by atoms with Gasteiger partial charge in [-0.25, -0.2) is 9.59 Å². The van der Waals surface area contributed by atoms with Crippen molar-refractivity contribution >= 4 is 39.9 Å². The number of carbonyl (C=O) groups is 3. The standard InChI is InChI=1S/C26H21BrN2O6/c1-34-22-7-3-5-18(23(22)35-15-17-4-2-6-19(12-17)25(31)32)13-21-24(30)29(26(33)28-21)14-16-8-10-20(27)11-9-16/h2-13H,14-15H2,1H3,(H,28,33)(H,31,32). The Morgan fingerprint density at radius 3 is 2.51 bits per heavy atom. The molecule has 1 aliphatic heterocycles. The molecule has 8 nitrogen and oxygen atoms in total. The summed E-state index contributed by atoms with van der Waals surface area (Å²) >= 11 is 3.37. The van der Waals surface area contributed by atoms with Crippen LogP contribution in [0.15, 0.2) is 76.9 Å². The predicted octanol–water partition coefficient (Wildman–Crippen LogP) is 4.83. The zero-order chi connectivity index (χ0) is 24.9. The number of urea groups is 1. The number of ether oxygens (including phenoxy) is 2. The summed E-state index contributed by atoms with van der Waals surface area (Å²) in [6.45, 7) is 0.213. The van der Waals surface area contributed by atoms with Crippen molar-refractivity contribution in [1.29, 1.82) is 0 Å². The lowest BCUT2D eigenvalue weighted by Crippen LogP contribution is -2.30. The summed E-state index contributed by atoms with van der Waals surface area (Å²) in [7, 11) is 1.49. The normalized spacial score (nSPS) is 14.2. The summed E-state index contributed by atoms with van der Waals surface area (Å²) in [6.07, 6.45) is 1.54. The Morgan fingerprint density at radius 1 is 1.06 bits per heavy atom. The Morgan fingerprint density at radius 2 is 1.80 bits per heavy atom. The van der Waals surface area contributed by atoms with Gasteiger partial charge in [0.25, 0.3) is 5.91 Å². The van der Waals surface area contributed by atoms with Gasteiger partial charge in [-0.15, -0.1) is 0 Å². The molecule has 4 rings (SSSR count). The largest absolute Gasteiger partial charge is 0.493 e. The Labute approximate surface area is 209 Å². The second-order valence-electron chi connectivity index (χ2n) is 7.68. The number of imide groups is 1. The molecule has 178 valence electrons. The molecule has 1 heterocycles. The molecule has 0 aliphatic carbocycles. The van der Waals surface area contributed by atoms with E-state index in [1.165, 1.54) is 25.3 Å². The quantitative estimate of drug-likeness (QED) is 0.315. The van der Waals surface area contributed by atoms with Gasteiger partial charge < -0.3 is 19.9 Å². The molecule has 9 heteroatoms. The van der Waals surface area contributed by atoms with Crippen LogP contribution < -0.4 is 14.8 Å². The van der Waals surface area contributed by atoms with Crippen molar-refractivity contribution in [2.45, 2.75) is 13.2 Å². The van der Waals surface area contributed by atoms with Gasteiger partial charge in [0.1, 0.15) is 12.3 Å². The van der Waals surface area contributed by atoms with Gasteiger partial charge in [-0.3, -0.25) is 9.69 Å². The van der Waals surface area contributed by atoms with Crippen LogP contribution in [0, 0.1) is 0 Å². The molecule has 0 saturated carbocycles. The highest BCUT2D eigenvalue weighted by Crippen LogP contribution is 2.34. The van der Waals surface area contributed by atoms with Gasteiger partial charge in [0.2, 0.25) is 0 Å². The lowest BCUT2D eigenvalue weighted by molar-refractivity contribution is -0.123. The average Bonchev–Trinajstić information content (AvgIpc) is 3.11. The minimum absolute atomic E-state index is 0.0770. The molecule has 35 heavy (non-hydrogen) atoms. The van der Waals surface area contributed by atoms with E-state index < -0.39 is 17.9 Å². The number of methoxy groups -OCH3 is 1. The molecule has 1 saturated heterocycles. The first-order valence-electron chi connectivity index (χ1n) is 10.6. The number of carbonyl (C=O) groups excluding carboxylic acids is 2. The molecule has 3 amide bonds. The first-order valence-corrected chi connectivity index (χ1v) is 11.4. The number of hydrogen-bond donors (Lipinski definition) is 2. The SMILES string of the molecule is COc1cccc(C=C2NC(=O)N(Cc3ccc(Br)cc3)C2=O)c1OCc1cccc(C(=O)O)c1. The fourth-order valence-electron chi connectivity index (χ4n) is 3.55. The number of aromatic carboxylic acids is 1. The van der Waals surface area contributed by atoms with Crippen LogP contribution in [0.5, 0.6) is 11.5 Å². The number of para-hydroxylation sites is 1. The van der Waals surface area contributed by atoms with Crippen LogP contribution in [0.1, 0.15) is 27.0 Å². The molecular weight excluding hydrogens is 516 g/mol. The van der Waals surface area contributed by atoms with Gasteiger partial charge >= 0.3 is 12.0 Å². The van der Waals surface area contributed by atoms with E-state index >= 15 is 0 Å². The minimum Gasteiger partial charge on any atom is -0.493 e. The molecule has 0 radical (unpaired) electrons. The van der Waals surface area contributed by atoms with Gasteiger partial charge in [0.05, 0.1) is 19.2 Å². The van der Waals surface area contributed by atoms with Crippen molar-refractivity contribution in [3.05, 3.63) is 99.2 Å². The van der Waals surface area contributed by atoms with E-state index in [9.17, 15) is 19.5 Å². The van der Waals surface area contributed by atoms with Crippen molar-refractivity contribution in [1.82, 2.24) is 10.2 Å². The van der Waals surface area contributed by atoms with Crippen LogP contribution in [0.2, 0.25) is 0 Å². The van der Waals surface area contributed by atoms with Gasteiger partial charge in [-0.05, 0) is 47.5 Å². The molecule has 0 aromatic heterocycles. The average molecular weight is 537 g/mol. The number of rotatable bonds is 8. The van der Waals surface area contributed by atoms with E-state index in [4.69, 9.17) is 9.47 Å². The second kappa shape index (κ2) is 10.4. The minimum atomic E-state index is -1.03. The first-order chi connectivity index (χ1) is 16.9. The van der Waals surface area contributed by atoms with Crippen LogP contribution in [0.3, 0.4) is 0 Å². The number of hydrogen-bond acceptors (Lipinski definition) is 5. The number of carboxylic acids is 1. The van der Waals surface area contributed by atoms with Crippen LogP contribution in [-0.2, 0) is 17.9 Å². The molecule has 0 spiro atoms. The molecule has 0 bridgehead atoms. The summed E-state index contributed by atoms with van der Waals surface area (Å²) in [5.74, 6) is -0.701. The highest BCUT2D eigenvalue weighted by atomic mass is 79.9. The van der Waals surface area contributed by atoms with Crippen molar-refractivity contribution in [3.8, 4) is 11.5 Å². The van der Waals surface area contributed by atoms with E-state index in [1.807, 2.05) is 24.3 Å². The zero-order valence-electron chi connectivity index (χ0n) is 18.7. The van der Waals surface area contributed by atoms with Crippen LogP contribution in [0.4, 0.5) is 4.79 Å². The van der Waals surface area contributed by atoms with Crippen molar-refractivity contribution in [3.63, 3.8) is 0 Å². The smallest absolute Gasteiger partial charge is 0.335 e. The Hall–Kier alpha value is -4.11. The molecule has 0 atom stereocenters. The molecule has 1 fully saturated rings. The number of nitrogens with zero attached hydrogens (tertiary/aromatic N) is 1. The molecule has 0 unspecified atom stereocenters. The monoisotopic (exact) mass is 536 g/mol. The summed E-state index contributed by atoms with van der Waals surface area (Å²) in [5.41, 5.74) is 2.25. The third-order valence-electron chi connectivity index (χ3n) is 5.30. The number of carboxylic acid groups (broad SMARTS) is 1. The Bertz CT molecular complexity index is 1320. The maximum atomic E-state index is 13.0. The van der Waals surface area contributed by atoms with Gasteiger partial charge in [-0.2, -0.15) is 0 Å². The van der Waals surface area contributed by atoms with E-state index in [2.05, 4.69) is 21.2 Å². The lowest BCUT2D eigenvalue weighted by Gasteiger charge is -2.14. The summed E-state index contributed by atoms with van der Waals surface area (Å²) < 4.78 is 12.3. The van der Waals surface area contributed by atoms with E-state index in [1.54, 1.807) is 30.3 Å². The van der Waals surface area contributed by atoms with Crippen molar-refractivity contribution in [2.24, 2.45) is 0 Å². The second-order valence-corrected chi connectivity index (χ2v) is 8.59. The first kappa shape index (κ1) is 24.0. The Kier molecular flexibility index (Phi) is 7.17. The van der Waals surface area contributed by atoms with E-state index in [-0.39, 0.29) is 24.4 Å². The number of halogens is 1. The topological polar surface area (TPSA) is 105 Å². The fourth-order valence-corrected chi connectivity index (χ4v) is 3.82. The number of amides is 3. The molecular formula is C26H21BrN2O6. The summed E-state index contributed by atoms with van der Waals surface area (Å²) in [6, 6.07) is 18.4. The van der Waals surface area contributed by atoms with Crippen molar-refractivity contribution < 1.29 is 29.0 Å². The molecule has 1 aliphatic rings. The zero-order valence-corrected chi connectivity index (χ0v) is 20.2. The van der Waals surface area contributed by atoms with E-state index in [0.29, 0.717) is 22.6 Å². The maximum absolute atomic E-state index is 13.0. The van der Waals surface area contributed by atoms with Crippen LogP contribution in [-0.4, -0.2) is 35.0 Å². The fraction of sp³-hybridized carbons (Fsp3) is 0.115. The third-order valence-corrected chi connectivity index (χ3v) is 5.83. The molecule has 3 aromatic carbocycles. The van der Waals surface area contributed by atoms with Crippen LogP contribution in [0.25, 0.3) is 6.08 Å². The number of benzene rings is 3. The lowest BCUT2D eigenvalue weighted by atomic mass is 10.1. The van der Waals surface area contributed by atoms with Gasteiger partial charge in [-0.1, -0.05) is 52.3 Å². The highest BCUT2D eigenvalue weighted by Gasteiger charge is 2.33. The number of nitrogens with one attached hydrogen (secondary N) is 1. The van der Waals surface area contributed by atoms with Crippen LogP contribution >= 0.6 is 15.9 Å². The predicted molar refractivity (Wildman–Crippen MR) is 132 cm³/mol. The van der Waals surface area contributed by atoms with E-state index in [0.717, 1.165) is 14.9 Å². The van der Waals surface area contributed by atoms with Gasteiger partial charge in [0, 0.05) is 10.0 Å². The highest BCUT2D eigenvalue weighted by molar-refractivity contribution is 9.10. The molecule has 3 aromatic rings. The summed E-state index contributed by atoms with van der Waals surface area (Å²) in [5, 5.41) is 11.8. The van der Waals surface area contributed by atoms with Gasteiger partial charge in [0.15, 0.2) is 11.5 Å². The van der Waals surface area contributed by atoms with Crippen molar-refractivity contribution in [2.75, 3.05) is 7.11 Å².